The van der Waals surface area contributed by atoms with E-state index in [1.54, 1.807) is 24.3 Å². The summed E-state index contributed by atoms with van der Waals surface area (Å²) in [6, 6.07) is 10.7. The Morgan fingerprint density at radius 1 is 1.35 bits per heavy atom. The number of hydrogen-bond donors (Lipinski definition) is 2. The third-order valence-corrected chi connectivity index (χ3v) is 2.40. The van der Waals surface area contributed by atoms with E-state index in [9.17, 15) is 0 Å². The molecular weight excluding hydrogens is 236 g/mol. The van der Waals surface area contributed by atoms with Gasteiger partial charge in [0.1, 0.15) is 5.82 Å². The third kappa shape index (κ3) is 2.65. The van der Waals surface area contributed by atoms with Gasteiger partial charge in [0.2, 0.25) is 0 Å². The van der Waals surface area contributed by atoms with Crippen molar-refractivity contribution in [2.24, 2.45) is 0 Å². The SMILES string of the molecule is N#Cc1cccc(Nc2ncc(N)cc2Cl)c1. The van der Waals surface area contributed by atoms with E-state index in [-0.39, 0.29) is 0 Å². The minimum absolute atomic E-state index is 0.437. The van der Waals surface area contributed by atoms with Crippen LogP contribution in [0.1, 0.15) is 5.56 Å². The molecule has 0 spiro atoms. The van der Waals surface area contributed by atoms with Crippen LogP contribution in [0.15, 0.2) is 36.5 Å². The standard InChI is InChI=1S/C12H9ClN4/c13-11-5-9(15)7-16-12(11)17-10-3-1-2-8(4-10)6-14/h1-5,7H,15H2,(H,16,17). The van der Waals surface area contributed by atoms with Gasteiger partial charge in [-0.2, -0.15) is 5.26 Å². The molecular formula is C12H9ClN4. The van der Waals surface area contributed by atoms with Crippen molar-refractivity contribution in [2.45, 2.75) is 0 Å². The number of benzene rings is 1. The zero-order valence-corrected chi connectivity index (χ0v) is 9.57. The first kappa shape index (κ1) is 11.2. The van der Waals surface area contributed by atoms with Gasteiger partial charge in [-0.05, 0) is 24.3 Å². The lowest BCUT2D eigenvalue weighted by atomic mass is 10.2. The van der Waals surface area contributed by atoms with E-state index in [4.69, 9.17) is 22.6 Å². The van der Waals surface area contributed by atoms with Gasteiger partial charge in [0, 0.05) is 5.69 Å². The Bertz CT molecular complexity index is 589. The molecule has 2 aromatic rings. The molecule has 3 N–H and O–H groups in total. The van der Waals surface area contributed by atoms with Crippen LogP contribution in [0.25, 0.3) is 0 Å². The van der Waals surface area contributed by atoms with Crippen LogP contribution < -0.4 is 11.1 Å². The highest BCUT2D eigenvalue weighted by Crippen LogP contribution is 2.24. The van der Waals surface area contributed by atoms with E-state index < -0.39 is 0 Å². The van der Waals surface area contributed by atoms with Crippen LogP contribution in [-0.2, 0) is 0 Å². The van der Waals surface area contributed by atoms with Crippen molar-refractivity contribution in [3.05, 3.63) is 47.1 Å². The summed E-state index contributed by atoms with van der Waals surface area (Å²) in [7, 11) is 0. The number of anilines is 3. The molecule has 1 aromatic carbocycles. The normalized spacial score (nSPS) is 9.65. The average Bonchev–Trinajstić information content (AvgIpc) is 2.33. The number of halogens is 1. The molecule has 0 atom stereocenters. The summed E-state index contributed by atoms with van der Waals surface area (Å²) in [4.78, 5) is 4.08. The maximum Gasteiger partial charge on any atom is 0.149 e. The first-order valence-electron chi connectivity index (χ1n) is 4.87. The topological polar surface area (TPSA) is 74.7 Å². The monoisotopic (exact) mass is 244 g/mol. The molecule has 4 nitrogen and oxygen atoms in total. The summed E-state index contributed by atoms with van der Waals surface area (Å²) in [5.41, 5.74) is 7.38. The first-order chi connectivity index (χ1) is 8.19. The van der Waals surface area contributed by atoms with Crippen molar-refractivity contribution in [3.63, 3.8) is 0 Å². The van der Waals surface area contributed by atoms with Crippen LogP contribution in [0.2, 0.25) is 5.02 Å². The molecule has 84 valence electrons. The molecule has 0 radical (unpaired) electrons. The van der Waals surface area contributed by atoms with E-state index in [2.05, 4.69) is 16.4 Å². The summed E-state index contributed by atoms with van der Waals surface area (Å²) < 4.78 is 0. The van der Waals surface area contributed by atoms with Crippen molar-refractivity contribution < 1.29 is 0 Å². The summed E-state index contributed by atoms with van der Waals surface area (Å²) in [6.45, 7) is 0. The Labute approximate surface area is 104 Å². The molecule has 0 saturated heterocycles. The second kappa shape index (κ2) is 4.73. The predicted octanol–water partition coefficient (Wildman–Crippen LogP) is 2.93. The summed E-state index contributed by atoms with van der Waals surface area (Å²) in [5.74, 6) is 0.510. The minimum atomic E-state index is 0.437. The number of nitrogens with one attached hydrogen (secondary N) is 1. The number of nitrogens with zero attached hydrogens (tertiary/aromatic N) is 2. The van der Waals surface area contributed by atoms with Gasteiger partial charge >= 0.3 is 0 Å². The van der Waals surface area contributed by atoms with Gasteiger partial charge in [-0.1, -0.05) is 17.7 Å². The van der Waals surface area contributed by atoms with Gasteiger partial charge in [0.05, 0.1) is 28.5 Å². The molecule has 2 rings (SSSR count). The van der Waals surface area contributed by atoms with Gasteiger partial charge in [-0.15, -0.1) is 0 Å². The maximum atomic E-state index is 8.78. The quantitative estimate of drug-likeness (QED) is 0.852. The highest BCUT2D eigenvalue weighted by Gasteiger charge is 2.03. The number of nitrogens with two attached hydrogens (primary N) is 1. The second-order valence-corrected chi connectivity index (χ2v) is 3.82. The van der Waals surface area contributed by atoms with Crippen LogP contribution in [0.3, 0.4) is 0 Å². The molecule has 0 aliphatic carbocycles. The van der Waals surface area contributed by atoms with Crippen molar-refractivity contribution in [1.29, 1.82) is 5.26 Å². The van der Waals surface area contributed by atoms with Crippen LogP contribution in [0.5, 0.6) is 0 Å². The number of pyridine rings is 1. The van der Waals surface area contributed by atoms with Crippen LogP contribution >= 0.6 is 11.6 Å². The first-order valence-corrected chi connectivity index (χ1v) is 5.25. The number of aromatic nitrogens is 1. The van der Waals surface area contributed by atoms with E-state index in [0.717, 1.165) is 5.69 Å². The molecule has 0 saturated carbocycles. The molecule has 1 aromatic heterocycles. The van der Waals surface area contributed by atoms with Gasteiger partial charge < -0.3 is 11.1 Å². The molecule has 0 amide bonds. The fourth-order valence-electron chi connectivity index (χ4n) is 1.35. The maximum absolute atomic E-state index is 8.78. The highest BCUT2D eigenvalue weighted by molar-refractivity contribution is 6.33. The molecule has 5 heteroatoms. The zero-order valence-electron chi connectivity index (χ0n) is 8.81. The van der Waals surface area contributed by atoms with E-state index in [1.165, 1.54) is 6.20 Å². The largest absolute Gasteiger partial charge is 0.397 e. The lowest BCUT2D eigenvalue weighted by Gasteiger charge is -2.07. The van der Waals surface area contributed by atoms with Crippen LogP contribution in [0.4, 0.5) is 17.2 Å². The zero-order chi connectivity index (χ0) is 12.3. The molecule has 0 unspecified atom stereocenters. The van der Waals surface area contributed by atoms with Gasteiger partial charge in [-0.3, -0.25) is 0 Å². The second-order valence-electron chi connectivity index (χ2n) is 3.42. The van der Waals surface area contributed by atoms with E-state index in [0.29, 0.717) is 22.1 Å². The number of nitriles is 1. The fourth-order valence-corrected chi connectivity index (χ4v) is 1.57. The highest BCUT2D eigenvalue weighted by atomic mass is 35.5. The average molecular weight is 245 g/mol. The van der Waals surface area contributed by atoms with Gasteiger partial charge in [0.15, 0.2) is 0 Å². The van der Waals surface area contributed by atoms with Gasteiger partial charge in [0.25, 0.3) is 0 Å². The Balaban J connectivity index is 2.28. The van der Waals surface area contributed by atoms with Crippen molar-refractivity contribution in [3.8, 4) is 6.07 Å². The number of nitrogen functional groups attached to an aromatic ring is 1. The van der Waals surface area contributed by atoms with Crippen molar-refractivity contribution in [1.82, 2.24) is 4.98 Å². The summed E-state index contributed by atoms with van der Waals surface area (Å²) in [6.07, 6.45) is 1.52. The lowest BCUT2D eigenvalue weighted by Crippen LogP contribution is -1.96. The molecule has 0 bridgehead atoms. The fraction of sp³-hybridized carbons (Fsp3) is 0. The molecule has 17 heavy (non-hydrogen) atoms. The van der Waals surface area contributed by atoms with E-state index >= 15 is 0 Å². The van der Waals surface area contributed by atoms with Crippen LogP contribution in [0, 0.1) is 11.3 Å². The lowest BCUT2D eigenvalue weighted by molar-refractivity contribution is 1.31. The molecule has 0 aliphatic rings. The predicted molar refractivity (Wildman–Crippen MR) is 68.1 cm³/mol. The Kier molecular flexibility index (Phi) is 3.12. The Morgan fingerprint density at radius 3 is 2.88 bits per heavy atom. The minimum Gasteiger partial charge on any atom is -0.397 e. The van der Waals surface area contributed by atoms with E-state index in [1.807, 2.05) is 6.07 Å². The Morgan fingerprint density at radius 2 is 2.18 bits per heavy atom. The third-order valence-electron chi connectivity index (χ3n) is 2.12. The van der Waals surface area contributed by atoms with Crippen molar-refractivity contribution in [2.75, 3.05) is 11.1 Å². The summed E-state index contributed by atoms with van der Waals surface area (Å²) in [5, 5.41) is 12.2. The molecule has 1 heterocycles. The van der Waals surface area contributed by atoms with Crippen LogP contribution in [-0.4, -0.2) is 4.98 Å². The molecule has 0 aliphatic heterocycles. The van der Waals surface area contributed by atoms with Crippen molar-refractivity contribution >= 4 is 28.8 Å². The number of rotatable bonds is 2. The smallest absolute Gasteiger partial charge is 0.149 e. The summed E-state index contributed by atoms with van der Waals surface area (Å²) >= 11 is 5.98. The van der Waals surface area contributed by atoms with Gasteiger partial charge in [-0.25, -0.2) is 4.98 Å². The molecule has 0 fully saturated rings. The number of hydrogen-bond acceptors (Lipinski definition) is 4. The Hall–Kier alpha value is -2.25.